The molecule has 0 saturated carbocycles. The van der Waals surface area contributed by atoms with Crippen molar-refractivity contribution >= 4 is 0 Å². The Morgan fingerprint density at radius 3 is 1.34 bits per heavy atom. The van der Waals surface area contributed by atoms with Gasteiger partial charge in [-0.15, -0.1) is 0 Å². The molecule has 0 unspecified atom stereocenters. The average Bonchev–Trinajstić information content (AvgIpc) is 2.71. The Morgan fingerprint density at radius 2 is 0.966 bits per heavy atom. The summed E-state index contributed by atoms with van der Waals surface area (Å²) >= 11 is 0. The Kier molecular flexibility index (Phi) is 22.4. The van der Waals surface area contributed by atoms with Crippen molar-refractivity contribution in [3.05, 3.63) is 0 Å². The Morgan fingerprint density at radius 1 is 0.552 bits per heavy atom. The summed E-state index contributed by atoms with van der Waals surface area (Å²) < 4.78 is 0. The molecular formula is C25H53NO3. The van der Waals surface area contributed by atoms with E-state index in [1.54, 1.807) is 0 Å². The summed E-state index contributed by atoms with van der Waals surface area (Å²) in [5.41, 5.74) is 2.60. The largest absolute Gasteiger partial charge is 0.396 e. The monoisotopic (exact) mass is 415 g/mol. The van der Waals surface area contributed by atoms with E-state index in [4.69, 9.17) is 4.84 Å². The summed E-state index contributed by atoms with van der Waals surface area (Å²) in [6.07, 6.45) is 23.5. The average molecular weight is 416 g/mol. The molecule has 0 aliphatic heterocycles. The molecule has 0 radical (unpaired) electrons. The van der Waals surface area contributed by atoms with E-state index in [0.717, 1.165) is 25.8 Å². The summed E-state index contributed by atoms with van der Waals surface area (Å²) in [6.45, 7) is 5.39. The van der Waals surface area contributed by atoms with Crippen LogP contribution in [0.4, 0.5) is 0 Å². The minimum atomic E-state index is -0.421. The lowest BCUT2D eigenvalue weighted by atomic mass is 9.89. The van der Waals surface area contributed by atoms with Crippen molar-refractivity contribution in [1.82, 2.24) is 5.48 Å². The third-order valence-corrected chi connectivity index (χ3v) is 6.01. The fourth-order valence-corrected chi connectivity index (χ4v) is 4.06. The van der Waals surface area contributed by atoms with Crippen LogP contribution in [0, 0.1) is 0 Å². The van der Waals surface area contributed by atoms with Crippen molar-refractivity contribution in [2.45, 2.75) is 141 Å². The molecule has 4 nitrogen and oxygen atoms in total. The molecule has 0 atom stereocenters. The van der Waals surface area contributed by atoms with Gasteiger partial charge in [0.05, 0.1) is 5.60 Å². The van der Waals surface area contributed by atoms with Gasteiger partial charge in [-0.05, 0) is 12.8 Å². The minimum Gasteiger partial charge on any atom is -0.396 e. The molecular weight excluding hydrogens is 362 g/mol. The second-order valence-electron chi connectivity index (χ2n) is 8.83. The predicted octanol–water partition coefficient (Wildman–Crippen LogP) is 6.68. The first-order valence-corrected chi connectivity index (χ1v) is 12.9. The molecule has 0 fully saturated rings. The van der Waals surface area contributed by atoms with E-state index in [1.165, 1.54) is 89.9 Å². The van der Waals surface area contributed by atoms with Crippen LogP contribution in [0.1, 0.15) is 136 Å². The molecule has 0 rings (SSSR count). The Labute approximate surface area is 182 Å². The SMILES string of the molecule is CCCCCCCCCCCCCCCCCC(CCO)(CCO)ONCCC. The third-order valence-electron chi connectivity index (χ3n) is 6.01. The van der Waals surface area contributed by atoms with E-state index in [0.29, 0.717) is 12.8 Å². The number of hydrogen-bond acceptors (Lipinski definition) is 4. The quantitative estimate of drug-likeness (QED) is 0.121. The van der Waals surface area contributed by atoms with Gasteiger partial charge in [0, 0.05) is 32.6 Å². The second-order valence-corrected chi connectivity index (χ2v) is 8.83. The molecule has 0 amide bonds. The van der Waals surface area contributed by atoms with E-state index in [1.807, 2.05) is 0 Å². The van der Waals surface area contributed by atoms with Gasteiger partial charge in [0.2, 0.25) is 0 Å². The van der Waals surface area contributed by atoms with Gasteiger partial charge in [-0.25, -0.2) is 5.48 Å². The van der Waals surface area contributed by atoms with Gasteiger partial charge in [-0.3, -0.25) is 4.84 Å². The second kappa shape index (κ2) is 22.5. The Hall–Kier alpha value is -0.160. The zero-order valence-electron chi connectivity index (χ0n) is 19.9. The number of unbranched alkanes of at least 4 members (excludes halogenated alkanes) is 14. The van der Waals surface area contributed by atoms with Gasteiger partial charge >= 0.3 is 0 Å². The molecule has 0 aromatic rings. The maximum Gasteiger partial charge on any atom is 0.0940 e. The fourth-order valence-electron chi connectivity index (χ4n) is 4.06. The van der Waals surface area contributed by atoms with Crippen LogP contribution in [0.15, 0.2) is 0 Å². The van der Waals surface area contributed by atoms with Crippen molar-refractivity contribution in [3.8, 4) is 0 Å². The van der Waals surface area contributed by atoms with Crippen LogP contribution < -0.4 is 5.48 Å². The molecule has 0 bridgehead atoms. The lowest BCUT2D eigenvalue weighted by Crippen LogP contribution is -2.40. The zero-order valence-corrected chi connectivity index (χ0v) is 19.9. The Bertz CT molecular complexity index is 306. The molecule has 0 aliphatic carbocycles. The first kappa shape index (κ1) is 28.8. The van der Waals surface area contributed by atoms with Crippen molar-refractivity contribution in [2.75, 3.05) is 19.8 Å². The van der Waals surface area contributed by atoms with Crippen LogP contribution >= 0.6 is 0 Å². The van der Waals surface area contributed by atoms with Gasteiger partial charge < -0.3 is 10.2 Å². The maximum atomic E-state index is 9.42. The predicted molar refractivity (Wildman–Crippen MR) is 125 cm³/mol. The highest BCUT2D eigenvalue weighted by atomic mass is 16.7. The van der Waals surface area contributed by atoms with Crippen LogP contribution in [-0.4, -0.2) is 35.6 Å². The number of nitrogens with one attached hydrogen (secondary N) is 1. The number of aliphatic hydroxyl groups is 2. The highest BCUT2D eigenvalue weighted by Crippen LogP contribution is 2.27. The topological polar surface area (TPSA) is 61.7 Å². The van der Waals surface area contributed by atoms with Gasteiger partial charge in [-0.1, -0.05) is 110 Å². The van der Waals surface area contributed by atoms with Crippen LogP contribution in [0.2, 0.25) is 0 Å². The molecule has 4 heteroatoms. The maximum absolute atomic E-state index is 9.42. The molecule has 176 valence electrons. The summed E-state index contributed by atoms with van der Waals surface area (Å²) in [5.74, 6) is 0. The fraction of sp³-hybridized carbons (Fsp3) is 1.00. The van der Waals surface area contributed by atoms with Crippen LogP contribution in [0.25, 0.3) is 0 Å². The van der Waals surface area contributed by atoms with Gasteiger partial charge in [0.15, 0.2) is 0 Å². The third kappa shape index (κ3) is 18.3. The van der Waals surface area contributed by atoms with Crippen molar-refractivity contribution in [1.29, 1.82) is 0 Å². The van der Waals surface area contributed by atoms with E-state index in [9.17, 15) is 10.2 Å². The number of aliphatic hydroxyl groups excluding tert-OH is 2. The molecule has 29 heavy (non-hydrogen) atoms. The summed E-state index contributed by atoms with van der Waals surface area (Å²) in [7, 11) is 0. The zero-order chi connectivity index (χ0) is 21.5. The summed E-state index contributed by atoms with van der Waals surface area (Å²) in [5, 5.41) is 18.8. The first-order valence-electron chi connectivity index (χ1n) is 12.9. The van der Waals surface area contributed by atoms with E-state index < -0.39 is 5.60 Å². The van der Waals surface area contributed by atoms with E-state index >= 15 is 0 Å². The van der Waals surface area contributed by atoms with Crippen molar-refractivity contribution in [2.24, 2.45) is 0 Å². The lowest BCUT2D eigenvalue weighted by Gasteiger charge is -2.32. The first-order chi connectivity index (χ1) is 14.2. The van der Waals surface area contributed by atoms with Crippen LogP contribution in [0.5, 0.6) is 0 Å². The standard InChI is InChI=1S/C25H53NO3/c1-3-5-6-7-8-9-10-11-12-13-14-15-16-17-18-19-25(20-23-27,21-24-28)29-26-22-4-2/h26-28H,3-24H2,1-2H3. The molecule has 3 N–H and O–H groups in total. The van der Waals surface area contributed by atoms with Crippen LogP contribution in [0.3, 0.4) is 0 Å². The minimum absolute atomic E-state index is 0.104. The molecule has 0 aromatic carbocycles. The van der Waals surface area contributed by atoms with Gasteiger partial charge in [0.25, 0.3) is 0 Å². The van der Waals surface area contributed by atoms with Crippen molar-refractivity contribution < 1.29 is 15.1 Å². The molecule has 0 aliphatic rings. The van der Waals surface area contributed by atoms with E-state index in [-0.39, 0.29) is 13.2 Å². The highest BCUT2D eigenvalue weighted by molar-refractivity contribution is 4.80. The molecule has 0 aromatic heterocycles. The lowest BCUT2D eigenvalue weighted by molar-refractivity contribution is -0.131. The summed E-state index contributed by atoms with van der Waals surface area (Å²) in [4.78, 5) is 5.90. The normalized spacial score (nSPS) is 12.0. The number of hydroxylamine groups is 1. The number of rotatable bonds is 24. The molecule has 0 saturated heterocycles. The molecule has 0 spiro atoms. The smallest absolute Gasteiger partial charge is 0.0940 e. The summed E-state index contributed by atoms with van der Waals surface area (Å²) in [6, 6.07) is 0. The molecule has 0 heterocycles. The van der Waals surface area contributed by atoms with E-state index in [2.05, 4.69) is 19.3 Å². The number of hydrogen-bond donors (Lipinski definition) is 3. The van der Waals surface area contributed by atoms with Gasteiger partial charge in [-0.2, -0.15) is 0 Å². The Balaban J connectivity index is 3.63. The van der Waals surface area contributed by atoms with Crippen molar-refractivity contribution in [3.63, 3.8) is 0 Å². The highest BCUT2D eigenvalue weighted by Gasteiger charge is 2.30. The van der Waals surface area contributed by atoms with Gasteiger partial charge in [0.1, 0.15) is 0 Å². The van der Waals surface area contributed by atoms with Crippen LogP contribution in [-0.2, 0) is 4.84 Å².